The summed E-state index contributed by atoms with van der Waals surface area (Å²) in [6, 6.07) is 6.79. The third-order valence-electron chi connectivity index (χ3n) is 5.60. The predicted octanol–water partition coefficient (Wildman–Crippen LogP) is 2.18. The maximum Gasteiger partial charge on any atom is 0.280 e. The highest BCUT2D eigenvalue weighted by atomic mass is 16.5. The summed E-state index contributed by atoms with van der Waals surface area (Å²) in [5.74, 6) is 1.05. The minimum Gasteiger partial charge on any atom is -0.481 e. The highest BCUT2D eigenvalue weighted by Gasteiger charge is 2.22. The SMILES string of the molecule is COc1cc(-c2c[nH]n(-c3ccc(C(=O)N[C@@H](C)C4CCOCC4)cn3)c2=O)ccn1. The molecule has 162 valence electrons. The quantitative estimate of drug-likeness (QED) is 0.629. The van der Waals surface area contributed by atoms with Crippen LogP contribution in [0.25, 0.3) is 16.9 Å². The average Bonchev–Trinajstić information content (AvgIpc) is 3.21. The number of pyridine rings is 2. The van der Waals surface area contributed by atoms with Gasteiger partial charge in [0.15, 0.2) is 5.82 Å². The molecule has 4 rings (SSSR count). The van der Waals surface area contributed by atoms with Crippen LogP contribution >= 0.6 is 0 Å². The van der Waals surface area contributed by atoms with E-state index in [9.17, 15) is 9.59 Å². The smallest absolute Gasteiger partial charge is 0.280 e. The van der Waals surface area contributed by atoms with E-state index < -0.39 is 0 Å². The molecule has 1 aliphatic heterocycles. The molecular formula is C22H25N5O4. The Morgan fingerprint density at radius 1 is 1.29 bits per heavy atom. The molecule has 3 aromatic rings. The van der Waals surface area contributed by atoms with Crippen LogP contribution in [0.1, 0.15) is 30.1 Å². The van der Waals surface area contributed by atoms with Crippen molar-refractivity contribution in [1.29, 1.82) is 0 Å². The summed E-state index contributed by atoms with van der Waals surface area (Å²) in [6.45, 7) is 3.49. The van der Waals surface area contributed by atoms with Crippen molar-refractivity contribution < 1.29 is 14.3 Å². The molecule has 9 heteroatoms. The number of H-pyrrole nitrogens is 1. The molecule has 0 aromatic carbocycles. The van der Waals surface area contributed by atoms with E-state index in [1.807, 2.05) is 6.92 Å². The summed E-state index contributed by atoms with van der Waals surface area (Å²) in [5.41, 5.74) is 1.34. The molecule has 1 amide bonds. The highest BCUT2D eigenvalue weighted by molar-refractivity contribution is 5.94. The fourth-order valence-electron chi connectivity index (χ4n) is 3.71. The molecule has 3 aromatic heterocycles. The van der Waals surface area contributed by atoms with Crippen LogP contribution in [0.2, 0.25) is 0 Å². The van der Waals surface area contributed by atoms with Crippen molar-refractivity contribution in [2.24, 2.45) is 5.92 Å². The number of carbonyl (C=O) groups excluding carboxylic acids is 1. The summed E-state index contributed by atoms with van der Waals surface area (Å²) in [5, 5.41) is 5.96. The van der Waals surface area contributed by atoms with Crippen molar-refractivity contribution in [2.75, 3.05) is 20.3 Å². The largest absolute Gasteiger partial charge is 0.481 e. The van der Waals surface area contributed by atoms with Crippen molar-refractivity contribution in [1.82, 2.24) is 25.1 Å². The minimum atomic E-state index is -0.258. The Labute approximate surface area is 179 Å². The molecule has 1 saturated heterocycles. The summed E-state index contributed by atoms with van der Waals surface area (Å²) in [6.07, 6.45) is 6.55. The first-order valence-electron chi connectivity index (χ1n) is 10.2. The normalized spacial score (nSPS) is 15.4. The average molecular weight is 423 g/mol. The first-order chi connectivity index (χ1) is 15.1. The number of nitrogens with one attached hydrogen (secondary N) is 2. The van der Waals surface area contributed by atoms with Gasteiger partial charge in [-0.25, -0.2) is 14.6 Å². The van der Waals surface area contributed by atoms with Crippen LogP contribution in [0.5, 0.6) is 5.88 Å². The molecule has 0 unspecified atom stereocenters. The lowest BCUT2D eigenvalue weighted by atomic mass is 9.93. The second-order valence-electron chi connectivity index (χ2n) is 7.53. The monoisotopic (exact) mass is 423 g/mol. The molecule has 4 heterocycles. The van der Waals surface area contributed by atoms with Gasteiger partial charge in [-0.1, -0.05) is 0 Å². The van der Waals surface area contributed by atoms with Crippen molar-refractivity contribution in [3.8, 4) is 22.8 Å². The molecule has 0 bridgehead atoms. The lowest BCUT2D eigenvalue weighted by Gasteiger charge is -2.28. The van der Waals surface area contributed by atoms with Crippen LogP contribution in [-0.2, 0) is 4.74 Å². The lowest BCUT2D eigenvalue weighted by molar-refractivity contribution is 0.0538. The fourth-order valence-corrected chi connectivity index (χ4v) is 3.71. The topological polar surface area (TPSA) is 111 Å². The molecule has 0 saturated carbocycles. The highest BCUT2D eigenvalue weighted by Crippen LogP contribution is 2.20. The zero-order valence-electron chi connectivity index (χ0n) is 17.5. The van der Waals surface area contributed by atoms with E-state index >= 15 is 0 Å². The fraction of sp³-hybridized carbons (Fsp3) is 0.364. The first-order valence-corrected chi connectivity index (χ1v) is 10.2. The molecule has 9 nitrogen and oxygen atoms in total. The Balaban J connectivity index is 1.49. The number of hydrogen-bond donors (Lipinski definition) is 2. The van der Waals surface area contributed by atoms with E-state index in [1.54, 1.807) is 36.7 Å². The van der Waals surface area contributed by atoms with Gasteiger partial charge in [0.05, 0.1) is 18.2 Å². The molecule has 1 aliphatic rings. The second kappa shape index (κ2) is 9.13. The van der Waals surface area contributed by atoms with Gasteiger partial charge in [0.2, 0.25) is 5.88 Å². The summed E-state index contributed by atoms with van der Waals surface area (Å²) < 4.78 is 11.8. The van der Waals surface area contributed by atoms with Crippen molar-refractivity contribution >= 4 is 5.91 Å². The Kier molecular flexibility index (Phi) is 6.13. The third kappa shape index (κ3) is 4.51. The maximum absolute atomic E-state index is 12.8. The van der Waals surface area contributed by atoms with Gasteiger partial charge >= 0.3 is 0 Å². The zero-order valence-corrected chi connectivity index (χ0v) is 17.5. The summed E-state index contributed by atoms with van der Waals surface area (Å²) in [4.78, 5) is 33.8. The number of methoxy groups -OCH3 is 1. The van der Waals surface area contributed by atoms with Gasteiger partial charge in [0.1, 0.15) is 0 Å². The Morgan fingerprint density at radius 3 is 2.81 bits per heavy atom. The van der Waals surface area contributed by atoms with Crippen LogP contribution < -0.4 is 15.6 Å². The zero-order chi connectivity index (χ0) is 21.8. The molecular weight excluding hydrogens is 398 g/mol. The third-order valence-corrected chi connectivity index (χ3v) is 5.60. The number of carbonyl (C=O) groups is 1. The van der Waals surface area contributed by atoms with E-state index in [4.69, 9.17) is 9.47 Å². The van der Waals surface area contributed by atoms with E-state index in [0.29, 0.717) is 34.3 Å². The number of rotatable bonds is 6. The predicted molar refractivity (Wildman–Crippen MR) is 114 cm³/mol. The van der Waals surface area contributed by atoms with Crippen LogP contribution in [0, 0.1) is 5.92 Å². The number of nitrogens with zero attached hydrogens (tertiary/aromatic N) is 3. The van der Waals surface area contributed by atoms with Gasteiger partial charge in [-0.05, 0) is 49.4 Å². The van der Waals surface area contributed by atoms with Gasteiger partial charge in [-0.2, -0.15) is 0 Å². The number of aromatic amines is 1. The standard InChI is InChI=1S/C22H25N5O4/c1-14(15-6-9-31-10-7-15)26-21(28)17-3-4-19(24-12-17)27-22(29)18(13-25-27)16-5-8-23-20(11-16)30-2/h3-5,8,11-15,25H,6-7,9-10H2,1-2H3,(H,26,28)/t14-/m0/s1. The van der Waals surface area contributed by atoms with Crippen LogP contribution in [0.15, 0.2) is 47.7 Å². The van der Waals surface area contributed by atoms with Crippen LogP contribution in [-0.4, -0.2) is 52.0 Å². The van der Waals surface area contributed by atoms with E-state index in [2.05, 4.69) is 20.4 Å². The lowest BCUT2D eigenvalue weighted by Crippen LogP contribution is -2.40. The van der Waals surface area contributed by atoms with Gasteiger partial charge < -0.3 is 14.8 Å². The van der Waals surface area contributed by atoms with Crippen molar-refractivity contribution in [3.63, 3.8) is 0 Å². The molecule has 1 atom stereocenters. The molecule has 1 fully saturated rings. The van der Waals surface area contributed by atoms with Crippen LogP contribution in [0.4, 0.5) is 0 Å². The Morgan fingerprint density at radius 2 is 2.10 bits per heavy atom. The summed E-state index contributed by atoms with van der Waals surface area (Å²) >= 11 is 0. The second-order valence-corrected chi connectivity index (χ2v) is 7.53. The minimum absolute atomic E-state index is 0.0574. The van der Waals surface area contributed by atoms with E-state index in [1.165, 1.54) is 18.0 Å². The Bertz CT molecular complexity index is 1100. The van der Waals surface area contributed by atoms with Crippen LogP contribution in [0.3, 0.4) is 0 Å². The molecule has 0 radical (unpaired) electrons. The summed E-state index contributed by atoms with van der Waals surface area (Å²) in [7, 11) is 1.52. The number of amides is 1. The molecule has 0 aliphatic carbocycles. The van der Waals surface area contributed by atoms with Gasteiger partial charge in [-0.3, -0.25) is 14.7 Å². The number of hydrogen-bond acceptors (Lipinski definition) is 6. The number of aromatic nitrogens is 4. The van der Waals surface area contributed by atoms with Crippen molar-refractivity contribution in [3.05, 3.63) is 58.8 Å². The van der Waals surface area contributed by atoms with Crippen molar-refractivity contribution in [2.45, 2.75) is 25.8 Å². The molecule has 31 heavy (non-hydrogen) atoms. The molecule has 2 N–H and O–H groups in total. The van der Waals surface area contributed by atoms with E-state index in [0.717, 1.165) is 26.1 Å². The molecule has 0 spiro atoms. The first kappa shape index (κ1) is 20.8. The van der Waals surface area contributed by atoms with Gasteiger partial charge in [-0.15, -0.1) is 0 Å². The Hall–Kier alpha value is -3.46. The maximum atomic E-state index is 12.8. The van der Waals surface area contributed by atoms with Gasteiger partial charge in [0.25, 0.3) is 11.5 Å². The van der Waals surface area contributed by atoms with E-state index in [-0.39, 0.29) is 17.5 Å². The van der Waals surface area contributed by atoms with Gasteiger partial charge in [0, 0.05) is 43.9 Å². The number of ether oxygens (including phenoxy) is 2.